The molecule has 0 aromatic heterocycles. The van der Waals surface area contributed by atoms with Crippen molar-refractivity contribution in [2.45, 2.75) is 6.61 Å². The fraction of sp³-hybridized carbons (Fsp3) is 0.125. The molecule has 0 saturated heterocycles. The maximum absolute atomic E-state index is 12.2. The van der Waals surface area contributed by atoms with E-state index >= 15 is 0 Å². The Labute approximate surface area is 169 Å². The molecule has 3 aromatic carbocycles. The molecular formula is C24H21NO4. The van der Waals surface area contributed by atoms with Crippen molar-refractivity contribution in [3.63, 3.8) is 0 Å². The smallest absolute Gasteiger partial charge is 0.248 e. The van der Waals surface area contributed by atoms with E-state index in [2.05, 4.69) is 5.32 Å². The van der Waals surface area contributed by atoms with Crippen LogP contribution >= 0.6 is 0 Å². The summed E-state index contributed by atoms with van der Waals surface area (Å²) < 4.78 is 16.8. The number of carbonyl (C=O) groups is 1. The van der Waals surface area contributed by atoms with Crippen molar-refractivity contribution in [2.75, 3.05) is 18.5 Å². The number of amides is 1. The minimum atomic E-state index is -0.217. The standard InChI is InChI=1S/C24H21NO4/c26-24(25-20-9-12-22-23(16-20)28-15-14-27-22)13-8-18-6-10-21(11-7-18)29-17-19-4-2-1-3-5-19/h1-13,16H,14-15,17H2,(H,25,26). The number of rotatable bonds is 6. The second kappa shape index (κ2) is 8.97. The number of hydrogen-bond donors (Lipinski definition) is 1. The Morgan fingerprint density at radius 1 is 0.931 bits per heavy atom. The minimum absolute atomic E-state index is 0.217. The first-order valence-corrected chi connectivity index (χ1v) is 9.42. The van der Waals surface area contributed by atoms with Gasteiger partial charge in [0.05, 0.1) is 0 Å². The van der Waals surface area contributed by atoms with Crippen LogP contribution in [0.5, 0.6) is 17.2 Å². The third kappa shape index (κ3) is 5.17. The summed E-state index contributed by atoms with van der Waals surface area (Å²) in [5, 5.41) is 2.83. The first-order chi connectivity index (χ1) is 14.3. The molecule has 5 heteroatoms. The van der Waals surface area contributed by atoms with Gasteiger partial charge in [-0.25, -0.2) is 0 Å². The van der Waals surface area contributed by atoms with E-state index in [0.29, 0.717) is 37.0 Å². The highest BCUT2D eigenvalue weighted by Gasteiger charge is 2.12. The van der Waals surface area contributed by atoms with Gasteiger partial charge in [-0.05, 0) is 41.5 Å². The van der Waals surface area contributed by atoms with Gasteiger partial charge in [0.1, 0.15) is 25.6 Å². The molecule has 0 fully saturated rings. The average molecular weight is 387 g/mol. The molecule has 0 radical (unpaired) electrons. The minimum Gasteiger partial charge on any atom is -0.489 e. The number of nitrogens with one attached hydrogen (secondary N) is 1. The molecule has 0 aliphatic carbocycles. The third-order valence-corrected chi connectivity index (χ3v) is 4.37. The summed E-state index contributed by atoms with van der Waals surface area (Å²) in [7, 11) is 0. The van der Waals surface area contributed by atoms with Crippen LogP contribution in [-0.4, -0.2) is 19.1 Å². The molecule has 146 valence electrons. The van der Waals surface area contributed by atoms with Crippen LogP contribution in [0.15, 0.2) is 78.9 Å². The summed E-state index contributed by atoms with van der Waals surface area (Å²) in [6.45, 7) is 1.57. The van der Waals surface area contributed by atoms with Crippen molar-refractivity contribution in [2.24, 2.45) is 0 Å². The Morgan fingerprint density at radius 2 is 1.69 bits per heavy atom. The maximum Gasteiger partial charge on any atom is 0.248 e. The molecule has 0 bridgehead atoms. The molecule has 0 atom stereocenters. The van der Waals surface area contributed by atoms with E-state index in [4.69, 9.17) is 14.2 Å². The van der Waals surface area contributed by atoms with Crippen molar-refractivity contribution >= 4 is 17.7 Å². The summed E-state index contributed by atoms with van der Waals surface area (Å²) in [6.07, 6.45) is 3.25. The van der Waals surface area contributed by atoms with Gasteiger partial charge in [0.2, 0.25) is 5.91 Å². The number of anilines is 1. The van der Waals surface area contributed by atoms with Gasteiger partial charge in [-0.3, -0.25) is 4.79 Å². The first-order valence-electron chi connectivity index (χ1n) is 9.42. The zero-order valence-corrected chi connectivity index (χ0v) is 15.8. The highest BCUT2D eigenvalue weighted by Crippen LogP contribution is 2.32. The third-order valence-electron chi connectivity index (χ3n) is 4.37. The van der Waals surface area contributed by atoms with Crippen LogP contribution < -0.4 is 19.5 Å². The molecule has 4 rings (SSSR count). The van der Waals surface area contributed by atoms with Crippen molar-refractivity contribution in [1.82, 2.24) is 0 Å². The van der Waals surface area contributed by atoms with Gasteiger partial charge in [0, 0.05) is 17.8 Å². The monoisotopic (exact) mass is 387 g/mol. The number of ether oxygens (including phenoxy) is 3. The second-order valence-electron chi connectivity index (χ2n) is 6.52. The molecule has 1 amide bonds. The van der Waals surface area contributed by atoms with E-state index < -0.39 is 0 Å². The Morgan fingerprint density at radius 3 is 2.48 bits per heavy atom. The molecule has 1 N–H and O–H groups in total. The van der Waals surface area contributed by atoms with Crippen molar-refractivity contribution in [1.29, 1.82) is 0 Å². The topological polar surface area (TPSA) is 56.8 Å². The predicted octanol–water partition coefficient (Wildman–Crippen LogP) is 4.69. The molecule has 0 spiro atoms. The van der Waals surface area contributed by atoms with Crippen LogP contribution in [0.2, 0.25) is 0 Å². The van der Waals surface area contributed by atoms with Gasteiger partial charge in [0.25, 0.3) is 0 Å². The second-order valence-corrected chi connectivity index (χ2v) is 6.52. The fourth-order valence-electron chi connectivity index (χ4n) is 2.89. The average Bonchev–Trinajstić information content (AvgIpc) is 2.77. The molecule has 1 aliphatic rings. The zero-order valence-electron chi connectivity index (χ0n) is 15.8. The van der Waals surface area contributed by atoms with Crippen molar-refractivity contribution in [3.8, 4) is 17.2 Å². The Balaban J connectivity index is 1.31. The number of benzene rings is 3. The number of hydrogen-bond acceptors (Lipinski definition) is 4. The Hall–Kier alpha value is -3.73. The van der Waals surface area contributed by atoms with Crippen LogP contribution in [0.4, 0.5) is 5.69 Å². The molecular weight excluding hydrogens is 366 g/mol. The van der Waals surface area contributed by atoms with Gasteiger partial charge in [0.15, 0.2) is 11.5 Å². The van der Waals surface area contributed by atoms with E-state index in [1.807, 2.05) is 54.6 Å². The van der Waals surface area contributed by atoms with Gasteiger partial charge in [-0.2, -0.15) is 0 Å². The quantitative estimate of drug-likeness (QED) is 0.624. The SMILES string of the molecule is O=C(C=Cc1ccc(OCc2ccccc2)cc1)Nc1ccc2c(c1)OCCO2. The van der Waals surface area contributed by atoms with Gasteiger partial charge in [-0.1, -0.05) is 42.5 Å². The summed E-state index contributed by atoms with van der Waals surface area (Å²) >= 11 is 0. The summed E-state index contributed by atoms with van der Waals surface area (Å²) in [6, 6.07) is 23.0. The zero-order chi connectivity index (χ0) is 19.9. The number of carbonyl (C=O) groups excluding carboxylic acids is 1. The maximum atomic E-state index is 12.2. The van der Waals surface area contributed by atoms with Crippen LogP contribution in [-0.2, 0) is 11.4 Å². The molecule has 1 aliphatic heterocycles. The highest BCUT2D eigenvalue weighted by atomic mass is 16.6. The molecule has 29 heavy (non-hydrogen) atoms. The summed E-state index contributed by atoms with van der Waals surface area (Å²) in [5.41, 5.74) is 2.69. The Bertz CT molecular complexity index is 997. The van der Waals surface area contributed by atoms with Crippen LogP contribution in [0, 0.1) is 0 Å². The Kier molecular flexibility index (Phi) is 5.76. The van der Waals surface area contributed by atoms with E-state index in [0.717, 1.165) is 16.9 Å². The highest BCUT2D eigenvalue weighted by molar-refractivity contribution is 6.02. The lowest BCUT2D eigenvalue weighted by Crippen LogP contribution is -2.16. The molecule has 3 aromatic rings. The van der Waals surface area contributed by atoms with E-state index in [1.165, 1.54) is 6.08 Å². The van der Waals surface area contributed by atoms with E-state index in [-0.39, 0.29) is 5.91 Å². The lowest BCUT2D eigenvalue weighted by molar-refractivity contribution is -0.111. The van der Waals surface area contributed by atoms with Gasteiger partial charge in [-0.15, -0.1) is 0 Å². The van der Waals surface area contributed by atoms with E-state index in [9.17, 15) is 4.79 Å². The summed E-state index contributed by atoms with van der Waals surface area (Å²) in [4.78, 5) is 12.2. The van der Waals surface area contributed by atoms with Gasteiger partial charge < -0.3 is 19.5 Å². The van der Waals surface area contributed by atoms with Crippen molar-refractivity contribution in [3.05, 3.63) is 90.0 Å². The van der Waals surface area contributed by atoms with Crippen molar-refractivity contribution < 1.29 is 19.0 Å². The number of fused-ring (bicyclic) bond motifs is 1. The largest absolute Gasteiger partial charge is 0.489 e. The molecule has 0 unspecified atom stereocenters. The summed E-state index contributed by atoms with van der Waals surface area (Å²) in [5.74, 6) is 1.90. The molecule has 0 saturated carbocycles. The van der Waals surface area contributed by atoms with Crippen LogP contribution in [0.1, 0.15) is 11.1 Å². The molecule has 1 heterocycles. The van der Waals surface area contributed by atoms with Gasteiger partial charge >= 0.3 is 0 Å². The normalized spacial score (nSPS) is 12.6. The van der Waals surface area contributed by atoms with Crippen LogP contribution in [0.25, 0.3) is 6.08 Å². The lowest BCUT2D eigenvalue weighted by atomic mass is 10.2. The lowest BCUT2D eigenvalue weighted by Gasteiger charge is -2.18. The van der Waals surface area contributed by atoms with E-state index in [1.54, 1.807) is 24.3 Å². The molecule has 5 nitrogen and oxygen atoms in total. The first kappa shape index (κ1) is 18.6. The van der Waals surface area contributed by atoms with Crippen LogP contribution in [0.3, 0.4) is 0 Å². The predicted molar refractivity (Wildman–Crippen MR) is 112 cm³/mol. The fourth-order valence-corrected chi connectivity index (χ4v) is 2.89.